The van der Waals surface area contributed by atoms with Crippen LogP contribution in [0.4, 0.5) is 5.13 Å². The summed E-state index contributed by atoms with van der Waals surface area (Å²) in [6.45, 7) is 1.90. The van der Waals surface area contributed by atoms with E-state index in [9.17, 15) is 13.2 Å². The molecule has 3 rings (SSSR count). The van der Waals surface area contributed by atoms with Crippen LogP contribution in [0.5, 0.6) is 0 Å². The van der Waals surface area contributed by atoms with Crippen LogP contribution in [0.15, 0.2) is 40.7 Å². The van der Waals surface area contributed by atoms with Crippen molar-refractivity contribution in [2.24, 2.45) is 0 Å². The summed E-state index contributed by atoms with van der Waals surface area (Å²) in [5.74, 6) is -0.467. The Kier molecular flexibility index (Phi) is 4.25. The number of sulfone groups is 1. The normalized spacial score (nSPS) is 17.1. The maximum Gasteiger partial charge on any atom is 0.248 e. The van der Waals surface area contributed by atoms with E-state index in [0.717, 1.165) is 18.4 Å². The van der Waals surface area contributed by atoms with Crippen molar-refractivity contribution in [3.05, 3.63) is 41.4 Å². The Bertz CT molecular complexity index is 790. The molecule has 0 unspecified atom stereocenters. The molecule has 122 valence electrons. The molecule has 23 heavy (non-hydrogen) atoms. The van der Waals surface area contributed by atoms with Gasteiger partial charge in [0.25, 0.3) is 0 Å². The van der Waals surface area contributed by atoms with Crippen molar-refractivity contribution in [1.82, 2.24) is 4.98 Å². The van der Waals surface area contributed by atoms with Crippen LogP contribution in [0.25, 0.3) is 0 Å². The number of carbonyl (C=O) groups excluding carboxylic acids is 1. The molecule has 0 bridgehead atoms. The maximum absolute atomic E-state index is 13.2. The van der Waals surface area contributed by atoms with Gasteiger partial charge in [-0.25, -0.2) is 13.4 Å². The molecule has 1 aromatic carbocycles. The Morgan fingerprint density at radius 1 is 1.22 bits per heavy atom. The molecule has 1 amide bonds. The molecule has 0 atom stereocenters. The monoisotopic (exact) mass is 350 g/mol. The average Bonchev–Trinajstić information content (AvgIpc) is 3.19. The molecule has 1 aliphatic carbocycles. The lowest BCUT2D eigenvalue weighted by Gasteiger charge is -2.27. The molecule has 5 nitrogen and oxygen atoms in total. The maximum atomic E-state index is 13.2. The predicted octanol–water partition coefficient (Wildman–Crippen LogP) is 3.18. The lowest BCUT2D eigenvalue weighted by atomic mass is 10.1. The van der Waals surface area contributed by atoms with Gasteiger partial charge < -0.3 is 5.32 Å². The minimum absolute atomic E-state index is 0.208. The smallest absolute Gasteiger partial charge is 0.248 e. The first-order valence-electron chi connectivity index (χ1n) is 7.48. The van der Waals surface area contributed by atoms with E-state index in [1.807, 2.05) is 6.92 Å². The van der Waals surface area contributed by atoms with E-state index >= 15 is 0 Å². The highest BCUT2D eigenvalue weighted by Gasteiger charge is 2.53. The summed E-state index contributed by atoms with van der Waals surface area (Å²) in [5.41, 5.74) is 0.983. The summed E-state index contributed by atoms with van der Waals surface area (Å²) < 4.78 is 24.9. The van der Waals surface area contributed by atoms with Crippen LogP contribution in [0.2, 0.25) is 0 Å². The number of anilines is 1. The number of nitrogens with zero attached hydrogens (tertiary/aromatic N) is 1. The summed E-state index contributed by atoms with van der Waals surface area (Å²) in [7, 11) is -3.75. The first kappa shape index (κ1) is 16.1. The second-order valence-electron chi connectivity index (χ2n) is 5.81. The third-order valence-corrected chi connectivity index (χ3v) is 7.53. The number of benzene rings is 1. The van der Waals surface area contributed by atoms with Crippen LogP contribution in [0, 0.1) is 6.92 Å². The summed E-state index contributed by atoms with van der Waals surface area (Å²) in [6, 6.07) is 6.69. The minimum Gasteiger partial charge on any atom is -0.301 e. The average molecular weight is 350 g/mol. The van der Waals surface area contributed by atoms with Gasteiger partial charge in [-0.15, -0.1) is 11.3 Å². The Hall–Kier alpha value is -1.73. The number of aryl methyl sites for hydroxylation is 1. The van der Waals surface area contributed by atoms with Gasteiger partial charge in [0, 0.05) is 11.6 Å². The summed E-state index contributed by atoms with van der Waals surface area (Å²) in [6.07, 6.45) is 3.74. The number of aromatic nitrogens is 1. The number of hydrogen-bond acceptors (Lipinski definition) is 5. The number of thiazole rings is 1. The van der Waals surface area contributed by atoms with Crippen molar-refractivity contribution in [3.63, 3.8) is 0 Å². The van der Waals surface area contributed by atoms with Gasteiger partial charge in [0.05, 0.1) is 4.90 Å². The molecular weight excluding hydrogens is 332 g/mol. The first-order chi connectivity index (χ1) is 11.0. The fourth-order valence-corrected chi connectivity index (χ4v) is 5.59. The third-order valence-electron chi connectivity index (χ3n) is 4.32. The molecule has 0 aliphatic heterocycles. The Morgan fingerprint density at radius 2 is 1.87 bits per heavy atom. The molecule has 7 heteroatoms. The molecule has 1 aromatic heterocycles. The summed E-state index contributed by atoms with van der Waals surface area (Å²) in [5, 5.41) is 4.85. The van der Waals surface area contributed by atoms with Gasteiger partial charge in [0.15, 0.2) is 19.7 Å². The first-order valence-corrected chi connectivity index (χ1v) is 9.84. The Balaban J connectivity index is 1.99. The van der Waals surface area contributed by atoms with Crippen LogP contribution in [0.3, 0.4) is 0 Å². The van der Waals surface area contributed by atoms with E-state index in [0.29, 0.717) is 18.0 Å². The molecule has 1 N–H and O–H groups in total. The molecule has 0 spiro atoms. The fourth-order valence-electron chi connectivity index (χ4n) is 3.00. The van der Waals surface area contributed by atoms with Crippen LogP contribution < -0.4 is 5.32 Å². The third kappa shape index (κ3) is 2.79. The fraction of sp³-hybridized carbons (Fsp3) is 0.375. The zero-order valence-electron chi connectivity index (χ0n) is 12.8. The second-order valence-corrected chi connectivity index (χ2v) is 8.96. The minimum atomic E-state index is -3.75. The van der Waals surface area contributed by atoms with Crippen molar-refractivity contribution < 1.29 is 13.2 Å². The molecule has 1 saturated carbocycles. The number of hydrogen-bond donors (Lipinski definition) is 1. The van der Waals surface area contributed by atoms with E-state index in [2.05, 4.69) is 10.3 Å². The van der Waals surface area contributed by atoms with Gasteiger partial charge in [0.1, 0.15) is 0 Å². The molecule has 2 aromatic rings. The quantitative estimate of drug-likeness (QED) is 0.919. The number of amides is 1. The predicted molar refractivity (Wildman–Crippen MR) is 90.3 cm³/mol. The van der Waals surface area contributed by atoms with Gasteiger partial charge in [0.2, 0.25) is 5.91 Å². The van der Waals surface area contributed by atoms with Crippen LogP contribution in [-0.2, 0) is 14.6 Å². The second kappa shape index (κ2) is 6.05. The van der Waals surface area contributed by atoms with Crippen molar-refractivity contribution in [3.8, 4) is 0 Å². The molecule has 1 fully saturated rings. The van der Waals surface area contributed by atoms with E-state index in [-0.39, 0.29) is 4.90 Å². The van der Waals surface area contributed by atoms with Crippen molar-refractivity contribution >= 4 is 32.2 Å². The lowest BCUT2D eigenvalue weighted by molar-refractivity contribution is -0.118. The molecule has 0 saturated heterocycles. The highest BCUT2D eigenvalue weighted by atomic mass is 32.2. The SMILES string of the molecule is Cc1ccc(S(=O)(=O)C2(C(=O)Nc3nccs3)CCCC2)cc1. The van der Waals surface area contributed by atoms with E-state index in [1.54, 1.807) is 35.8 Å². The van der Waals surface area contributed by atoms with E-state index < -0.39 is 20.5 Å². The number of nitrogens with one attached hydrogen (secondary N) is 1. The molecule has 1 heterocycles. The zero-order chi connectivity index (χ0) is 16.5. The zero-order valence-corrected chi connectivity index (χ0v) is 14.4. The number of carbonyl (C=O) groups is 1. The molecular formula is C16H18N2O3S2. The Morgan fingerprint density at radius 3 is 2.43 bits per heavy atom. The Labute approximate surface area is 139 Å². The van der Waals surface area contributed by atoms with Gasteiger partial charge >= 0.3 is 0 Å². The number of rotatable bonds is 4. The van der Waals surface area contributed by atoms with Crippen LogP contribution >= 0.6 is 11.3 Å². The van der Waals surface area contributed by atoms with E-state index in [4.69, 9.17) is 0 Å². The molecule has 1 aliphatic rings. The summed E-state index contributed by atoms with van der Waals surface area (Å²) >= 11 is 1.28. The van der Waals surface area contributed by atoms with E-state index in [1.165, 1.54) is 11.3 Å². The van der Waals surface area contributed by atoms with Crippen LogP contribution in [0.1, 0.15) is 31.2 Å². The van der Waals surface area contributed by atoms with Crippen molar-refractivity contribution in [1.29, 1.82) is 0 Å². The topological polar surface area (TPSA) is 76.1 Å². The van der Waals surface area contributed by atoms with Gasteiger partial charge in [-0.3, -0.25) is 4.79 Å². The largest absolute Gasteiger partial charge is 0.301 e. The van der Waals surface area contributed by atoms with Crippen molar-refractivity contribution in [2.75, 3.05) is 5.32 Å². The molecule has 0 radical (unpaired) electrons. The van der Waals surface area contributed by atoms with Crippen molar-refractivity contribution in [2.45, 2.75) is 42.2 Å². The van der Waals surface area contributed by atoms with Gasteiger partial charge in [-0.2, -0.15) is 0 Å². The standard InChI is InChI=1S/C16H18N2O3S2/c1-12-4-6-13(7-5-12)23(20,21)16(8-2-3-9-16)14(19)18-15-17-10-11-22-15/h4-7,10-11H,2-3,8-9H2,1H3,(H,17,18,19). The van der Waals surface area contributed by atoms with Crippen LogP contribution in [-0.4, -0.2) is 24.1 Å². The van der Waals surface area contributed by atoms with Gasteiger partial charge in [-0.05, 0) is 31.9 Å². The highest BCUT2D eigenvalue weighted by molar-refractivity contribution is 7.93. The van der Waals surface area contributed by atoms with Gasteiger partial charge in [-0.1, -0.05) is 30.5 Å². The highest BCUT2D eigenvalue weighted by Crippen LogP contribution is 2.41. The summed E-state index contributed by atoms with van der Waals surface area (Å²) in [4.78, 5) is 17.0. The lowest BCUT2D eigenvalue weighted by Crippen LogP contribution is -2.47.